The Kier molecular flexibility index (Phi) is 3.67. The van der Waals surface area contributed by atoms with E-state index >= 15 is 0 Å². The number of hydrogen-bond acceptors (Lipinski definition) is 6. The zero-order valence-corrected chi connectivity index (χ0v) is 10.7. The Morgan fingerprint density at radius 1 is 1.58 bits per heavy atom. The van der Waals surface area contributed by atoms with Crippen LogP contribution in [0.15, 0.2) is 11.1 Å². The lowest BCUT2D eigenvalue weighted by atomic mass is 10.5. The van der Waals surface area contributed by atoms with Crippen LogP contribution in [0.25, 0.3) is 11.2 Å². The third kappa shape index (κ3) is 3.38. The van der Waals surface area contributed by atoms with Gasteiger partial charge in [0.1, 0.15) is 6.35 Å². The summed E-state index contributed by atoms with van der Waals surface area (Å²) in [4.78, 5) is 30.5. The zero-order chi connectivity index (χ0) is 14.0. The molecule has 0 radical (unpaired) electrons. The predicted octanol–water partition coefficient (Wildman–Crippen LogP) is -1.18. The third-order valence-electron chi connectivity index (χ3n) is 2.25. The van der Waals surface area contributed by atoms with Gasteiger partial charge in [0.15, 0.2) is 11.2 Å². The highest BCUT2D eigenvalue weighted by atomic mass is 31.2. The number of nitrogen functional groups attached to an aromatic ring is 1. The molecule has 0 saturated heterocycles. The summed E-state index contributed by atoms with van der Waals surface area (Å²) in [5.41, 5.74) is 10.4. The number of nitrogens with two attached hydrogens (primary N) is 2. The molecule has 2 aromatic heterocycles. The van der Waals surface area contributed by atoms with Gasteiger partial charge in [-0.3, -0.25) is 19.8 Å². The molecule has 0 spiro atoms. The normalized spacial score (nSPS) is 14.6. The number of aromatic nitrogens is 4. The third-order valence-corrected chi connectivity index (χ3v) is 2.80. The van der Waals surface area contributed by atoms with Crippen LogP contribution in [0.5, 0.6) is 0 Å². The Morgan fingerprint density at radius 2 is 2.32 bits per heavy atom. The molecule has 0 fully saturated rings. The summed E-state index contributed by atoms with van der Waals surface area (Å²) in [6.45, 7) is 0.425. The van der Waals surface area contributed by atoms with Crippen molar-refractivity contribution < 1.29 is 14.2 Å². The van der Waals surface area contributed by atoms with Gasteiger partial charge in [0.05, 0.1) is 12.9 Å². The summed E-state index contributed by atoms with van der Waals surface area (Å²) < 4.78 is 17.3. The van der Waals surface area contributed by atoms with Gasteiger partial charge in [-0.05, 0) is 0 Å². The smallest absolute Gasteiger partial charge is 0.289 e. The fraction of sp³-hybridized carbons (Fsp3) is 0.375. The van der Waals surface area contributed by atoms with Crippen LogP contribution in [-0.4, -0.2) is 37.4 Å². The van der Waals surface area contributed by atoms with Gasteiger partial charge in [-0.25, -0.2) is 4.98 Å². The molecule has 1 unspecified atom stereocenters. The monoisotopic (exact) mass is 288 g/mol. The zero-order valence-electron chi connectivity index (χ0n) is 9.81. The number of aromatic amines is 1. The Morgan fingerprint density at radius 3 is 3.00 bits per heavy atom. The average molecular weight is 288 g/mol. The van der Waals surface area contributed by atoms with Crippen molar-refractivity contribution in [2.75, 3.05) is 18.7 Å². The minimum Gasteiger partial charge on any atom is -0.369 e. The second-order valence-corrected chi connectivity index (χ2v) is 5.62. The Bertz CT molecular complexity index is 688. The highest BCUT2D eigenvalue weighted by Gasteiger charge is 2.11. The van der Waals surface area contributed by atoms with E-state index in [1.165, 1.54) is 6.33 Å². The van der Waals surface area contributed by atoms with Gasteiger partial charge in [0.2, 0.25) is 5.95 Å². The Hall–Kier alpha value is -1.74. The number of fused-ring (bicyclic) bond motifs is 1. The van der Waals surface area contributed by atoms with E-state index in [4.69, 9.17) is 20.9 Å². The predicted molar refractivity (Wildman–Crippen MR) is 67.4 cm³/mol. The summed E-state index contributed by atoms with van der Waals surface area (Å²) in [6.07, 6.45) is 0.979. The molecule has 1 atom stereocenters. The molecule has 19 heavy (non-hydrogen) atoms. The first-order valence-electron chi connectivity index (χ1n) is 5.25. The summed E-state index contributed by atoms with van der Waals surface area (Å²) >= 11 is 0. The molecule has 0 bridgehead atoms. The number of nitrogens with zero attached hydrogens (tertiary/aromatic N) is 3. The molecule has 0 aliphatic carbocycles. The van der Waals surface area contributed by atoms with Crippen molar-refractivity contribution in [1.82, 2.24) is 19.5 Å². The van der Waals surface area contributed by atoms with Gasteiger partial charge >= 0.3 is 0 Å². The minimum absolute atomic E-state index is 0.0121. The van der Waals surface area contributed by atoms with Crippen LogP contribution in [0.3, 0.4) is 0 Å². The second kappa shape index (κ2) is 5.10. The number of H-pyrrole nitrogens is 1. The molecule has 104 valence electrons. The van der Waals surface area contributed by atoms with Crippen molar-refractivity contribution in [3.8, 4) is 0 Å². The standard InChI is InChI=1S/C8H13N6O4P/c9-8-12-6-5(7(15)13-8)11-3-14(6)1-2-18-4-19(10,16)17/h3H,1-2,4H2,(H3,10,16,17)(H3,9,12,13,15). The van der Waals surface area contributed by atoms with Crippen molar-refractivity contribution in [1.29, 1.82) is 0 Å². The van der Waals surface area contributed by atoms with E-state index < -0.39 is 19.4 Å². The molecule has 2 heterocycles. The van der Waals surface area contributed by atoms with Gasteiger partial charge in [0.25, 0.3) is 13.1 Å². The maximum atomic E-state index is 11.5. The topological polar surface area (TPSA) is 162 Å². The van der Waals surface area contributed by atoms with Crippen molar-refractivity contribution in [2.45, 2.75) is 6.54 Å². The van der Waals surface area contributed by atoms with Crippen LogP contribution >= 0.6 is 7.52 Å². The first kappa shape index (κ1) is 13.7. The summed E-state index contributed by atoms with van der Waals surface area (Å²) in [7, 11) is -3.67. The average Bonchev–Trinajstić information content (AvgIpc) is 2.66. The van der Waals surface area contributed by atoms with Crippen LogP contribution in [0.2, 0.25) is 0 Å². The van der Waals surface area contributed by atoms with Crippen LogP contribution in [0.1, 0.15) is 0 Å². The lowest BCUT2D eigenvalue weighted by Gasteiger charge is -2.07. The summed E-state index contributed by atoms with van der Waals surface area (Å²) in [6, 6.07) is 0. The van der Waals surface area contributed by atoms with Gasteiger partial charge in [-0.1, -0.05) is 0 Å². The lowest BCUT2D eigenvalue weighted by molar-refractivity contribution is 0.160. The quantitative estimate of drug-likeness (QED) is 0.394. The fourth-order valence-corrected chi connectivity index (χ4v) is 1.88. The van der Waals surface area contributed by atoms with E-state index in [0.29, 0.717) is 12.2 Å². The molecule has 0 aliphatic rings. The van der Waals surface area contributed by atoms with E-state index in [-0.39, 0.29) is 18.1 Å². The van der Waals surface area contributed by atoms with Crippen molar-refractivity contribution in [2.24, 2.45) is 5.50 Å². The van der Waals surface area contributed by atoms with Crippen LogP contribution in [0, 0.1) is 0 Å². The van der Waals surface area contributed by atoms with E-state index in [0.717, 1.165) is 0 Å². The van der Waals surface area contributed by atoms with E-state index in [9.17, 15) is 9.36 Å². The van der Waals surface area contributed by atoms with E-state index in [2.05, 4.69) is 15.0 Å². The van der Waals surface area contributed by atoms with Crippen molar-refractivity contribution >= 4 is 24.6 Å². The fourth-order valence-electron chi connectivity index (χ4n) is 1.49. The van der Waals surface area contributed by atoms with Crippen LogP contribution < -0.4 is 16.8 Å². The number of nitrogens with one attached hydrogen (secondary N) is 1. The Balaban J connectivity index is 2.10. The number of rotatable bonds is 5. The van der Waals surface area contributed by atoms with E-state index in [1.807, 2.05) is 0 Å². The number of imidazole rings is 1. The van der Waals surface area contributed by atoms with Gasteiger partial charge in [-0.2, -0.15) is 4.98 Å². The highest BCUT2D eigenvalue weighted by molar-refractivity contribution is 7.55. The maximum Gasteiger partial charge on any atom is 0.289 e. The number of anilines is 1. The summed E-state index contributed by atoms with van der Waals surface area (Å²) in [5, 5.41) is 0. The first-order chi connectivity index (χ1) is 8.87. The number of hydrogen-bond donors (Lipinski definition) is 4. The molecule has 2 aromatic rings. The second-order valence-electron chi connectivity index (χ2n) is 3.85. The van der Waals surface area contributed by atoms with Gasteiger partial charge in [-0.15, -0.1) is 0 Å². The molecular weight excluding hydrogens is 275 g/mol. The molecule has 2 rings (SSSR count). The molecule has 10 nitrogen and oxygen atoms in total. The largest absolute Gasteiger partial charge is 0.369 e. The minimum atomic E-state index is -3.67. The highest BCUT2D eigenvalue weighted by Crippen LogP contribution is 2.28. The maximum absolute atomic E-state index is 11.5. The molecular formula is C8H13N6O4P. The lowest BCUT2D eigenvalue weighted by Crippen LogP contribution is -2.13. The first-order valence-corrected chi connectivity index (χ1v) is 7.17. The SMILES string of the molecule is Nc1nc2c(ncn2CCOCP(N)(=O)O)c(=O)[nH]1. The van der Waals surface area contributed by atoms with E-state index in [1.54, 1.807) is 4.57 Å². The van der Waals surface area contributed by atoms with Gasteiger partial charge < -0.3 is 19.9 Å². The molecule has 0 amide bonds. The van der Waals surface area contributed by atoms with Crippen LogP contribution in [0.4, 0.5) is 5.95 Å². The molecule has 0 aromatic carbocycles. The number of ether oxygens (including phenoxy) is 1. The molecule has 0 aliphatic heterocycles. The molecule has 6 N–H and O–H groups in total. The Labute approximate surface area is 106 Å². The molecule has 0 saturated carbocycles. The van der Waals surface area contributed by atoms with Crippen molar-refractivity contribution in [3.05, 3.63) is 16.7 Å². The molecule has 11 heteroatoms. The van der Waals surface area contributed by atoms with Crippen LogP contribution in [-0.2, 0) is 15.8 Å². The van der Waals surface area contributed by atoms with Gasteiger partial charge in [0, 0.05) is 6.54 Å². The summed E-state index contributed by atoms with van der Waals surface area (Å²) in [5.74, 6) is -0.0121. The van der Waals surface area contributed by atoms with Crippen molar-refractivity contribution in [3.63, 3.8) is 0 Å².